The number of carbonyl (C=O) groups is 1. The molecule has 1 aromatic carbocycles. The van der Waals surface area contributed by atoms with Gasteiger partial charge in [-0.3, -0.25) is 4.79 Å². The van der Waals surface area contributed by atoms with E-state index in [9.17, 15) is 13.2 Å². The van der Waals surface area contributed by atoms with Crippen molar-refractivity contribution < 1.29 is 32.2 Å². The SMILES string of the molecule is CCOC(CNS(=O)(=O)CCNC(=O)c1cc(OC)cc(OC)c1)OCC. The summed E-state index contributed by atoms with van der Waals surface area (Å²) in [5, 5.41) is 2.56. The van der Waals surface area contributed by atoms with E-state index in [1.807, 2.05) is 0 Å². The molecule has 0 radical (unpaired) electrons. The van der Waals surface area contributed by atoms with Gasteiger partial charge in [-0.25, -0.2) is 13.1 Å². The number of hydrogen-bond donors (Lipinski definition) is 2. The number of amides is 1. The van der Waals surface area contributed by atoms with Gasteiger partial charge in [-0.1, -0.05) is 0 Å². The van der Waals surface area contributed by atoms with E-state index >= 15 is 0 Å². The molecule has 0 saturated heterocycles. The summed E-state index contributed by atoms with van der Waals surface area (Å²) in [7, 11) is -0.634. The zero-order chi connectivity index (χ0) is 20.3. The van der Waals surface area contributed by atoms with Gasteiger partial charge in [0.25, 0.3) is 5.91 Å². The molecule has 2 N–H and O–H groups in total. The van der Waals surface area contributed by atoms with Crippen molar-refractivity contribution in [2.75, 3.05) is 46.3 Å². The minimum absolute atomic E-state index is 0.00500. The van der Waals surface area contributed by atoms with Gasteiger partial charge in [0.15, 0.2) is 6.29 Å². The predicted molar refractivity (Wildman–Crippen MR) is 101 cm³/mol. The second kappa shape index (κ2) is 11.8. The van der Waals surface area contributed by atoms with Crippen LogP contribution in [0.1, 0.15) is 24.2 Å². The van der Waals surface area contributed by atoms with Crippen LogP contribution in [-0.2, 0) is 19.5 Å². The predicted octanol–water partition coefficient (Wildman–Crippen LogP) is 0.752. The van der Waals surface area contributed by atoms with Crippen molar-refractivity contribution in [3.63, 3.8) is 0 Å². The third kappa shape index (κ3) is 8.57. The zero-order valence-electron chi connectivity index (χ0n) is 16.1. The van der Waals surface area contributed by atoms with E-state index in [2.05, 4.69) is 10.0 Å². The first-order chi connectivity index (χ1) is 12.8. The third-order valence-corrected chi connectivity index (χ3v) is 4.79. The third-order valence-electron chi connectivity index (χ3n) is 3.45. The normalized spacial score (nSPS) is 11.4. The fraction of sp³-hybridized carbons (Fsp3) is 0.588. The molecule has 1 amide bonds. The lowest BCUT2D eigenvalue weighted by atomic mass is 10.2. The van der Waals surface area contributed by atoms with E-state index in [1.165, 1.54) is 14.2 Å². The molecule has 0 fully saturated rings. The molecular formula is C17H28N2O7S. The van der Waals surface area contributed by atoms with Gasteiger partial charge in [0.1, 0.15) is 11.5 Å². The molecule has 154 valence electrons. The first kappa shape index (κ1) is 23.2. The lowest BCUT2D eigenvalue weighted by molar-refractivity contribution is -0.130. The first-order valence-electron chi connectivity index (χ1n) is 8.57. The highest BCUT2D eigenvalue weighted by Gasteiger charge is 2.16. The minimum Gasteiger partial charge on any atom is -0.497 e. The molecule has 0 aliphatic rings. The van der Waals surface area contributed by atoms with Crippen molar-refractivity contribution in [1.82, 2.24) is 10.0 Å². The monoisotopic (exact) mass is 404 g/mol. The average molecular weight is 404 g/mol. The van der Waals surface area contributed by atoms with Crippen LogP contribution in [0.25, 0.3) is 0 Å². The van der Waals surface area contributed by atoms with Crippen LogP contribution in [0.15, 0.2) is 18.2 Å². The molecule has 0 spiro atoms. The van der Waals surface area contributed by atoms with Crippen molar-refractivity contribution in [1.29, 1.82) is 0 Å². The van der Waals surface area contributed by atoms with Gasteiger partial charge in [0, 0.05) is 31.4 Å². The van der Waals surface area contributed by atoms with E-state index in [-0.39, 0.29) is 18.8 Å². The van der Waals surface area contributed by atoms with Crippen molar-refractivity contribution in [2.24, 2.45) is 0 Å². The maximum atomic E-state index is 12.2. The van der Waals surface area contributed by atoms with Gasteiger partial charge >= 0.3 is 0 Å². The number of sulfonamides is 1. The van der Waals surface area contributed by atoms with Crippen LogP contribution < -0.4 is 19.5 Å². The molecule has 0 aliphatic heterocycles. The number of carbonyl (C=O) groups excluding carboxylic acids is 1. The standard InChI is InChI=1S/C17H28N2O7S/c1-5-25-16(26-6-2)12-19-27(21,22)8-7-18-17(20)13-9-14(23-3)11-15(10-13)24-4/h9-11,16,19H,5-8,12H2,1-4H3,(H,18,20). The van der Waals surface area contributed by atoms with Gasteiger partial charge in [-0.2, -0.15) is 0 Å². The Labute approximate surface area is 160 Å². The first-order valence-corrected chi connectivity index (χ1v) is 10.2. The Morgan fingerprint density at radius 1 is 1.04 bits per heavy atom. The van der Waals surface area contributed by atoms with E-state index < -0.39 is 22.2 Å². The summed E-state index contributed by atoms with van der Waals surface area (Å²) >= 11 is 0. The molecule has 0 heterocycles. The maximum Gasteiger partial charge on any atom is 0.251 e. The lowest BCUT2D eigenvalue weighted by Gasteiger charge is -2.17. The fourth-order valence-corrected chi connectivity index (χ4v) is 3.05. The largest absolute Gasteiger partial charge is 0.497 e. The van der Waals surface area contributed by atoms with Crippen molar-refractivity contribution in [3.05, 3.63) is 23.8 Å². The second-order valence-electron chi connectivity index (χ2n) is 5.36. The number of benzene rings is 1. The molecule has 10 heteroatoms. The van der Waals surface area contributed by atoms with Crippen LogP contribution in [0.2, 0.25) is 0 Å². The Balaban J connectivity index is 2.54. The summed E-state index contributed by atoms with van der Waals surface area (Å²) in [5.41, 5.74) is 0.310. The number of methoxy groups -OCH3 is 2. The Bertz CT molecular complexity index is 666. The Morgan fingerprint density at radius 3 is 2.07 bits per heavy atom. The van der Waals surface area contributed by atoms with Gasteiger partial charge < -0.3 is 24.3 Å². The smallest absolute Gasteiger partial charge is 0.251 e. The van der Waals surface area contributed by atoms with Crippen LogP contribution in [0, 0.1) is 0 Å². The molecule has 0 bridgehead atoms. The summed E-state index contributed by atoms with van der Waals surface area (Å²) in [5.74, 6) is 0.229. The van der Waals surface area contributed by atoms with Crippen molar-refractivity contribution >= 4 is 15.9 Å². The minimum atomic E-state index is -3.59. The average Bonchev–Trinajstić information content (AvgIpc) is 2.65. The van der Waals surface area contributed by atoms with Gasteiger partial charge in [0.05, 0.1) is 26.5 Å². The van der Waals surface area contributed by atoms with Crippen LogP contribution in [0.4, 0.5) is 0 Å². The molecule has 9 nitrogen and oxygen atoms in total. The van der Waals surface area contributed by atoms with E-state index in [1.54, 1.807) is 32.0 Å². The van der Waals surface area contributed by atoms with Crippen molar-refractivity contribution in [2.45, 2.75) is 20.1 Å². The molecule has 1 aromatic rings. The number of hydrogen-bond acceptors (Lipinski definition) is 7. The van der Waals surface area contributed by atoms with Crippen LogP contribution >= 0.6 is 0 Å². The van der Waals surface area contributed by atoms with Crippen LogP contribution in [0.3, 0.4) is 0 Å². The summed E-state index contributed by atoms with van der Waals surface area (Å²) in [6.45, 7) is 4.36. The summed E-state index contributed by atoms with van der Waals surface area (Å²) in [6, 6.07) is 4.72. The molecule has 27 heavy (non-hydrogen) atoms. The van der Waals surface area contributed by atoms with E-state index in [4.69, 9.17) is 18.9 Å². The van der Waals surface area contributed by atoms with Gasteiger partial charge in [-0.05, 0) is 26.0 Å². The van der Waals surface area contributed by atoms with Gasteiger partial charge in [0.2, 0.25) is 10.0 Å². The number of ether oxygens (including phenoxy) is 4. The summed E-state index contributed by atoms with van der Waals surface area (Å²) < 4.78 is 47.3. The molecule has 0 unspecified atom stereocenters. The number of nitrogens with one attached hydrogen (secondary N) is 2. The summed E-state index contributed by atoms with van der Waals surface area (Å²) in [6.07, 6.45) is -0.645. The highest BCUT2D eigenvalue weighted by atomic mass is 32.2. The van der Waals surface area contributed by atoms with E-state index in [0.717, 1.165) is 0 Å². The Hall–Kier alpha value is -1.88. The topological polar surface area (TPSA) is 112 Å². The molecule has 1 rings (SSSR count). The summed E-state index contributed by atoms with van der Waals surface area (Å²) in [4.78, 5) is 12.2. The highest BCUT2D eigenvalue weighted by Crippen LogP contribution is 2.22. The number of rotatable bonds is 13. The zero-order valence-corrected chi connectivity index (χ0v) is 16.9. The molecule has 0 saturated carbocycles. The Morgan fingerprint density at radius 2 is 1.59 bits per heavy atom. The van der Waals surface area contributed by atoms with Crippen LogP contribution in [0.5, 0.6) is 11.5 Å². The quantitative estimate of drug-likeness (QED) is 0.467. The maximum absolute atomic E-state index is 12.2. The van der Waals surface area contributed by atoms with E-state index in [0.29, 0.717) is 30.3 Å². The molecule has 0 aromatic heterocycles. The highest BCUT2D eigenvalue weighted by molar-refractivity contribution is 7.89. The van der Waals surface area contributed by atoms with Crippen LogP contribution in [-0.4, -0.2) is 66.9 Å². The fourth-order valence-electron chi connectivity index (χ4n) is 2.14. The van der Waals surface area contributed by atoms with Gasteiger partial charge in [-0.15, -0.1) is 0 Å². The molecule has 0 atom stereocenters. The van der Waals surface area contributed by atoms with Crippen molar-refractivity contribution in [3.8, 4) is 11.5 Å². The Kier molecular flexibility index (Phi) is 10.1. The molecule has 0 aliphatic carbocycles. The lowest BCUT2D eigenvalue weighted by Crippen LogP contribution is -2.39. The molecular weight excluding hydrogens is 376 g/mol. The second-order valence-corrected chi connectivity index (χ2v) is 7.29.